The number of carbonyl (C=O) groups excluding carboxylic acids is 2. The van der Waals surface area contributed by atoms with Crippen LogP contribution in [0.25, 0.3) is 0 Å². The maximum Gasteiger partial charge on any atom is 0.586 e. The Morgan fingerprint density at radius 3 is 2.63 bits per heavy atom. The molecular weight excluding hydrogens is 378 g/mol. The van der Waals surface area contributed by atoms with E-state index in [0.29, 0.717) is 17.2 Å². The number of benzene rings is 2. The molecule has 9 heteroatoms. The fourth-order valence-electron chi connectivity index (χ4n) is 2.86. The van der Waals surface area contributed by atoms with Gasteiger partial charge in [0.25, 0.3) is 5.91 Å². The van der Waals surface area contributed by atoms with E-state index in [0.717, 1.165) is 0 Å². The number of ether oxygens (including phenoxy) is 2. The molecule has 4 rings (SSSR count). The summed E-state index contributed by atoms with van der Waals surface area (Å²) < 4.78 is 34.9. The third kappa shape index (κ3) is 3.55. The average molecular weight is 392 g/mol. The van der Waals surface area contributed by atoms with Gasteiger partial charge in [0.15, 0.2) is 11.5 Å². The minimum atomic E-state index is -3.72. The summed E-state index contributed by atoms with van der Waals surface area (Å²) in [5.74, 6) is -0.0289. The molecule has 2 aromatic carbocycles. The van der Waals surface area contributed by atoms with E-state index in [9.17, 15) is 18.4 Å². The zero-order chi connectivity index (χ0) is 19.0. The molecule has 2 aliphatic rings. The highest BCUT2D eigenvalue weighted by atomic mass is 32.2. The largest absolute Gasteiger partial charge is 0.586 e. The quantitative estimate of drug-likeness (QED) is 0.869. The molecule has 140 valence electrons. The molecule has 2 aromatic rings. The van der Waals surface area contributed by atoms with Gasteiger partial charge in [-0.05, 0) is 24.3 Å². The lowest BCUT2D eigenvalue weighted by Gasteiger charge is -2.23. The molecule has 1 atom stereocenters. The third-order valence-electron chi connectivity index (χ3n) is 4.14. The van der Waals surface area contributed by atoms with Crippen LogP contribution in [0.2, 0.25) is 0 Å². The summed E-state index contributed by atoms with van der Waals surface area (Å²) in [6, 6.07) is 12.0. The van der Waals surface area contributed by atoms with Crippen LogP contribution >= 0.6 is 11.8 Å². The Morgan fingerprint density at radius 2 is 1.85 bits per heavy atom. The number of anilines is 1. The van der Waals surface area contributed by atoms with Gasteiger partial charge in [-0.15, -0.1) is 20.5 Å². The Hall–Kier alpha value is -2.81. The predicted molar refractivity (Wildman–Crippen MR) is 95.0 cm³/mol. The molecule has 0 saturated carbocycles. The number of nitrogens with one attached hydrogen (secondary N) is 1. The van der Waals surface area contributed by atoms with Crippen LogP contribution in [0.4, 0.5) is 14.5 Å². The number of halogens is 2. The van der Waals surface area contributed by atoms with Crippen molar-refractivity contribution in [2.24, 2.45) is 0 Å². The van der Waals surface area contributed by atoms with Crippen molar-refractivity contribution in [2.75, 3.05) is 16.9 Å². The van der Waals surface area contributed by atoms with Crippen molar-refractivity contribution in [3.63, 3.8) is 0 Å². The number of nitrogens with zero attached hydrogens (tertiary/aromatic N) is 1. The summed E-state index contributed by atoms with van der Waals surface area (Å²) in [6.07, 6.45) is -3.72. The van der Waals surface area contributed by atoms with Crippen molar-refractivity contribution < 1.29 is 27.8 Å². The van der Waals surface area contributed by atoms with Gasteiger partial charge in [-0.1, -0.05) is 18.2 Å². The van der Waals surface area contributed by atoms with Crippen LogP contribution in [0.5, 0.6) is 11.5 Å². The number of hydrogen-bond acceptors (Lipinski definition) is 5. The molecule has 0 aliphatic carbocycles. The zero-order valence-corrected chi connectivity index (χ0v) is 14.7. The van der Waals surface area contributed by atoms with Crippen LogP contribution in [0, 0.1) is 0 Å². The Morgan fingerprint density at radius 1 is 1.11 bits per heavy atom. The molecule has 1 N–H and O–H groups in total. The normalized spacial score (nSPS) is 19.8. The Balaban J connectivity index is 1.48. The second-order valence-corrected chi connectivity index (χ2v) is 6.97. The van der Waals surface area contributed by atoms with E-state index in [-0.39, 0.29) is 23.1 Å². The monoisotopic (exact) mass is 392 g/mol. The molecule has 1 saturated heterocycles. The van der Waals surface area contributed by atoms with Crippen LogP contribution in [-0.4, -0.2) is 40.7 Å². The van der Waals surface area contributed by atoms with E-state index < -0.39 is 18.2 Å². The van der Waals surface area contributed by atoms with Crippen molar-refractivity contribution in [1.82, 2.24) is 4.90 Å². The first-order valence-electron chi connectivity index (χ1n) is 8.07. The number of fused-ring (bicyclic) bond motifs is 1. The summed E-state index contributed by atoms with van der Waals surface area (Å²) >= 11 is 1.47. The van der Waals surface area contributed by atoms with Crippen LogP contribution in [-0.2, 0) is 4.79 Å². The lowest BCUT2D eigenvalue weighted by molar-refractivity contribution is -0.286. The molecule has 2 aliphatic heterocycles. The van der Waals surface area contributed by atoms with Gasteiger partial charge < -0.3 is 19.7 Å². The summed E-state index contributed by atoms with van der Waals surface area (Å²) in [5.41, 5.74) is 0.784. The molecule has 27 heavy (non-hydrogen) atoms. The lowest BCUT2D eigenvalue weighted by atomic mass is 10.1. The van der Waals surface area contributed by atoms with Crippen molar-refractivity contribution in [3.05, 3.63) is 54.1 Å². The van der Waals surface area contributed by atoms with Gasteiger partial charge in [-0.3, -0.25) is 9.59 Å². The Kier molecular flexibility index (Phi) is 4.39. The van der Waals surface area contributed by atoms with Crippen LogP contribution in [0.1, 0.15) is 10.4 Å². The van der Waals surface area contributed by atoms with E-state index in [1.807, 2.05) is 6.07 Å². The minimum absolute atomic E-state index is 0.102. The molecule has 0 radical (unpaired) electrons. The number of amides is 2. The maximum atomic E-state index is 13.1. The summed E-state index contributed by atoms with van der Waals surface area (Å²) in [4.78, 5) is 26.8. The molecule has 2 amide bonds. The van der Waals surface area contributed by atoms with Gasteiger partial charge in [0.2, 0.25) is 5.91 Å². The number of thioether (sulfide) groups is 1. The Labute approximate surface area is 157 Å². The van der Waals surface area contributed by atoms with Crippen LogP contribution in [0.15, 0.2) is 48.5 Å². The fraction of sp³-hybridized carbons (Fsp3) is 0.222. The van der Waals surface area contributed by atoms with Crippen molar-refractivity contribution in [3.8, 4) is 11.5 Å². The van der Waals surface area contributed by atoms with E-state index in [2.05, 4.69) is 14.8 Å². The first-order chi connectivity index (χ1) is 12.9. The average Bonchev–Trinajstić information content (AvgIpc) is 3.24. The molecule has 0 unspecified atom stereocenters. The highest BCUT2D eigenvalue weighted by Crippen LogP contribution is 2.42. The molecule has 0 spiro atoms. The minimum Gasteiger partial charge on any atom is -0.395 e. The maximum absolute atomic E-state index is 13.1. The summed E-state index contributed by atoms with van der Waals surface area (Å²) in [6.45, 7) is 0. The lowest BCUT2D eigenvalue weighted by Crippen LogP contribution is -2.44. The number of rotatable bonds is 3. The SMILES string of the molecule is O=C(Nc1ccc2c(c1)OC(F)(F)O2)[C@H]1CSCN1C(=O)c1ccccc1. The fourth-order valence-corrected chi connectivity index (χ4v) is 4.01. The smallest absolute Gasteiger partial charge is 0.395 e. The van der Waals surface area contributed by atoms with Gasteiger partial charge in [-0.25, -0.2) is 0 Å². The topological polar surface area (TPSA) is 67.9 Å². The van der Waals surface area contributed by atoms with Gasteiger partial charge in [0.1, 0.15) is 6.04 Å². The van der Waals surface area contributed by atoms with Crippen LogP contribution < -0.4 is 14.8 Å². The van der Waals surface area contributed by atoms with Gasteiger partial charge >= 0.3 is 6.29 Å². The molecule has 0 aromatic heterocycles. The van der Waals surface area contributed by atoms with E-state index >= 15 is 0 Å². The number of hydrogen-bond donors (Lipinski definition) is 1. The summed E-state index contributed by atoms with van der Waals surface area (Å²) in [5, 5.41) is 2.65. The van der Waals surface area contributed by atoms with Crippen LogP contribution in [0.3, 0.4) is 0 Å². The highest BCUT2D eigenvalue weighted by molar-refractivity contribution is 7.99. The zero-order valence-electron chi connectivity index (χ0n) is 13.9. The molecule has 6 nitrogen and oxygen atoms in total. The highest BCUT2D eigenvalue weighted by Gasteiger charge is 2.43. The first kappa shape index (κ1) is 17.6. The second-order valence-electron chi connectivity index (χ2n) is 5.97. The van der Waals surface area contributed by atoms with Gasteiger partial charge in [0.05, 0.1) is 5.88 Å². The predicted octanol–water partition coefficient (Wildman–Crippen LogP) is 3.16. The number of carbonyl (C=O) groups is 2. The standard InChI is InChI=1S/C18H14F2N2O4S/c19-18(20)25-14-7-6-12(8-15(14)26-18)21-16(23)13-9-27-10-22(13)17(24)11-4-2-1-3-5-11/h1-8,13H,9-10H2,(H,21,23)/t13-/m1/s1. The molecular formula is C18H14F2N2O4S. The second kappa shape index (κ2) is 6.73. The first-order valence-corrected chi connectivity index (χ1v) is 9.23. The summed E-state index contributed by atoms with van der Waals surface area (Å²) in [7, 11) is 0. The van der Waals surface area contributed by atoms with E-state index in [4.69, 9.17) is 0 Å². The molecule has 1 fully saturated rings. The molecule has 0 bridgehead atoms. The van der Waals surface area contributed by atoms with Crippen molar-refractivity contribution >= 4 is 29.3 Å². The van der Waals surface area contributed by atoms with Crippen molar-refractivity contribution in [2.45, 2.75) is 12.3 Å². The third-order valence-corrected chi connectivity index (χ3v) is 5.15. The molecule has 2 heterocycles. The van der Waals surface area contributed by atoms with Gasteiger partial charge in [0, 0.05) is 23.1 Å². The van der Waals surface area contributed by atoms with E-state index in [1.54, 1.807) is 24.3 Å². The van der Waals surface area contributed by atoms with E-state index in [1.165, 1.54) is 34.9 Å². The Bertz CT molecular complexity index is 894. The van der Waals surface area contributed by atoms with Gasteiger partial charge in [-0.2, -0.15) is 0 Å². The van der Waals surface area contributed by atoms with Crippen molar-refractivity contribution in [1.29, 1.82) is 0 Å². The number of alkyl halides is 2.